The van der Waals surface area contributed by atoms with Gasteiger partial charge < -0.3 is 20.5 Å². The number of fused-ring (bicyclic) bond motifs is 1. The Labute approximate surface area is 135 Å². The molecule has 0 unspecified atom stereocenters. The summed E-state index contributed by atoms with van der Waals surface area (Å²) in [5, 5.41) is 15.8. The molecule has 0 aliphatic heterocycles. The summed E-state index contributed by atoms with van der Waals surface area (Å²) in [5.74, 6) is 0.763. The van der Waals surface area contributed by atoms with Crippen molar-refractivity contribution in [2.75, 3.05) is 11.9 Å². The van der Waals surface area contributed by atoms with E-state index in [1.54, 1.807) is 24.3 Å². The highest BCUT2D eigenvalue weighted by atomic mass is 16.5. The molecule has 0 spiro atoms. The number of anilines is 1. The Morgan fingerprint density at radius 1 is 1.22 bits per heavy atom. The van der Waals surface area contributed by atoms with E-state index in [0.29, 0.717) is 18.7 Å². The molecule has 5 heteroatoms. The molecule has 0 radical (unpaired) electrons. The van der Waals surface area contributed by atoms with Crippen molar-refractivity contribution in [3.05, 3.63) is 59.7 Å². The van der Waals surface area contributed by atoms with Gasteiger partial charge in [-0.3, -0.25) is 0 Å². The SMILES string of the molecule is CCOc1ccc(NC(=O)N[C@@H]2c3ccccc3C[C@@H]2O)cc1. The van der Waals surface area contributed by atoms with Gasteiger partial charge in [-0.25, -0.2) is 4.79 Å². The third-order valence-corrected chi connectivity index (χ3v) is 3.91. The molecule has 0 aromatic heterocycles. The number of nitrogens with one attached hydrogen (secondary N) is 2. The van der Waals surface area contributed by atoms with E-state index in [9.17, 15) is 9.90 Å². The molecule has 0 saturated carbocycles. The van der Waals surface area contributed by atoms with Crippen LogP contribution in [0.3, 0.4) is 0 Å². The minimum Gasteiger partial charge on any atom is -0.494 e. The van der Waals surface area contributed by atoms with E-state index in [1.807, 2.05) is 31.2 Å². The van der Waals surface area contributed by atoms with Crippen LogP contribution >= 0.6 is 0 Å². The molecule has 2 aromatic rings. The second kappa shape index (κ2) is 6.71. The van der Waals surface area contributed by atoms with Gasteiger partial charge in [-0.1, -0.05) is 24.3 Å². The van der Waals surface area contributed by atoms with Crippen LogP contribution < -0.4 is 15.4 Å². The zero-order valence-electron chi connectivity index (χ0n) is 13.0. The maximum atomic E-state index is 12.2. The summed E-state index contributed by atoms with van der Waals surface area (Å²) in [6, 6.07) is 14.2. The Bertz CT molecular complexity index is 685. The molecule has 0 bridgehead atoms. The average molecular weight is 312 g/mol. The number of hydrogen-bond donors (Lipinski definition) is 3. The molecule has 3 rings (SSSR count). The lowest BCUT2D eigenvalue weighted by Gasteiger charge is -2.18. The smallest absolute Gasteiger partial charge is 0.319 e. The number of urea groups is 1. The van der Waals surface area contributed by atoms with Crippen molar-refractivity contribution >= 4 is 11.7 Å². The number of hydrogen-bond acceptors (Lipinski definition) is 3. The van der Waals surface area contributed by atoms with Gasteiger partial charge in [0.1, 0.15) is 5.75 Å². The van der Waals surface area contributed by atoms with Crippen LogP contribution in [0.1, 0.15) is 24.1 Å². The van der Waals surface area contributed by atoms with Crippen LogP contribution in [0.15, 0.2) is 48.5 Å². The van der Waals surface area contributed by atoms with Crippen LogP contribution in [0, 0.1) is 0 Å². The van der Waals surface area contributed by atoms with E-state index >= 15 is 0 Å². The standard InChI is InChI=1S/C18H20N2O3/c1-2-23-14-9-7-13(8-10-14)19-18(22)20-17-15-6-4-3-5-12(15)11-16(17)21/h3-10,16-17,21H,2,11H2,1H3,(H2,19,20,22)/t16-,17+/m0/s1. The molecule has 2 atom stereocenters. The molecule has 120 valence electrons. The first-order valence-corrected chi connectivity index (χ1v) is 7.73. The predicted molar refractivity (Wildman–Crippen MR) is 88.7 cm³/mol. The van der Waals surface area contributed by atoms with Crippen LogP contribution in [-0.2, 0) is 6.42 Å². The molecule has 5 nitrogen and oxygen atoms in total. The number of rotatable bonds is 4. The van der Waals surface area contributed by atoms with E-state index in [0.717, 1.165) is 16.9 Å². The number of carbonyl (C=O) groups is 1. The van der Waals surface area contributed by atoms with Gasteiger partial charge in [0.25, 0.3) is 0 Å². The summed E-state index contributed by atoms with van der Waals surface area (Å²) >= 11 is 0. The molecule has 0 fully saturated rings. The summed E-state index contributed by atoms with van der Waals surface area (Å²) in [7, 11) is 0. The van der Waals surface area contributed by atoms with Gasteiger partial charge in [0.05, 0.1) is 18.8 Å². The van der Waals surface area contributed by atoms with Gasteiger partial charge in [-0.05, 0) is 42.3 Å². The first-order chi connectivity index (χ1) is 11.2. The molecule has 3 N–H and O–H groups in total. The van der Waals surface area contributed by atoms with E-state index in [4.69, 9.17) is 4.74 Å². The van der Waals surface area contributed by atoms with Gasteiger partial charge in [0.2, 0.25) is 0 Å². The molecule has 0 heterocycles. The summed E-state index contributed by atoms with van der Waals surface area (Å²) in [4.78, 5) is 12.2. The Morgan fingerprint density at radius 2 is 1.96 bits per heavy atom. The number of benzene rings is 2. The molecular weight excluding hydrogens is 292 g/mol. The van der Waals surface area contributed by atoms with Gasteiger partial charge in [-0.2, -0.15) is 0 Å². The first-order valence-electron chi connectivity index (χ1n) is 7.73. The van der Waals surface area contributed by atoms with Gasteiger partial charge in [0, 0.05) is 12.1 Å². The molecule has 1 aliphatic rings. The lowest BCUT2D eigenvalue weighted by Crippen LogP contribution is -2.36. The lowest BCUT2D eigenvalue weighted by molar-refractivity contribution is 0.144. The van der Waals surface area contributed by atoms with Gasteiger partial charge in [-0.15, -0.1) is 0 Å². The van der Waals surface area contributed by atoms with E-state index < -0.39 is 6.10 Å². The van der Waals surface area contributed by atoms with Crippen LogP contribution in [-0.4, -0.2) is 23.8 Å². The lowest BCUT2D eigenvalue weighted by atomic mass is 10.1. The quantitative estimate of drug-likeness (QED) is 0.813. The van der Waals surface area contributed by atoms with Crippen molar-refractivity contribution in [3.63, 3.8) is 0 Å². The number of aliphatic hydroxyl groups is 1. The summed E-state index contributed by atoms with van der Waals surface area (Å²) < 4.78 is 5.37. The van der Waals surface area contributed by atoms with Crippen molar-refractivity contribution in [1.82, 2.24) is 5.32 Å². The molecule has 1 aliphatic carbocycles. The second-order valence-electron chi connectivity index (χ2n) is 5.50. The van der Waals surface area contributed by atoms with E-state index in [2.05, 4.69) is 10.6 Å². The zero-order chi connectivity index (χ0) is 16.2. The maximum Gasteiger partial charge on any atom is 0.319 e. The third-order valence-electron chi connectivity index (χ3n) is 3.91. The molecule has 23 heavy (non-hydrogen) atoms. The maximum absolute atomic E-state index is 12.2. The van der Waals surface area contributed by atoms with E-state index in [-0.39, 0.29) is 12.1 Å². The molecule has 2 aromatic carbocycles. The molecule has 2 amide bonds. The Kier molecular flexibility index (Phi) is 4.48. The summed E-state index contributed by atoms with van der Waals surface area (Å²) in [5.41, 5.74) is 2.72. The Hall–Kier alpha value is -2.53. The largest absolute Gasteiger partial charge is 0.494 e. The van der Waals surface area contributed by atoms with Crippen molar-refractivity contribution in [2.45, 2.75) is 25.5 Å². The number of amides is 2. The van der Waals surface area contributed by atoms with Crippen LogP contribution in [0.5, 0.6) is 5.75 Å². The van der Waals surface area contributed by atoms with Crippen molar-refractivity contribution in [1.29, 1.82) is 0 Å². The van der Waals surface area contributed by atoms with Crippen molar-refractivity contribution < 1.29 is 14.6 Å². The molecule has 0 saturated heterocycles. The number of carbonyl (C=O) groups excluding carboxylic acids is 1. The topological polar surface area (TPSA) is 70.6 Å². The van der Waals surface area contributed by atoms with E-state index in [1.165, 1.54) is 0 Å². The first kappa shape index (κ1) is 15.4. The van der Waals surface area contributed by atoms with Crippen LogP contribution in [0.2, 0.25) is 0 Å². The molecular formula is C18H20N2O3. The number of ether oxygens (including phenoxy) is 1. The van der Waals surface area contributed by atoms with Gasteiger partial charge in [0.15, 0.2) is 0 Å². The van der Waals surface area contributed by atoms with Crippen molar-refractivity contribution in [3.8, 4) is 5.75 Å². The Morgan fingerprint density at radius 3 is 2.70 bits per heavy atom. The highest BCUT2D eigenvalue weighted by Crippen LogP contribution is 2.31. The Balaban J connectivity index is 1.63. The predicted octanol–water partition coefficient (Wildman–Crippen LogP) is 2.87. The van der Waals surface area contributed by atoms with Crippen molar-refractivity contribution in [2.24, 2.45) is 0 Å². The van der Waals surface area contributed by atoms with Crippen LogP contribution in [0.25, 0.3) is 0 Å². The fourth-order valence-electron chi connectivity index (χ4n) is 2.86. The minimum atomic E-state index is -0.599. The average Bonchev–Trinajstić information content (AvgIpc) is 2.85. The second-order valence-corrected chi connectivity index (χ2v) is 5.50. The fraction of sp³-hybridized carbons (Fsp3) is 0.278. The van der Waals surface area contributed by atoms with Crippen LogP contribution in [0.4, 0.5) is 10.5 Å². The normalized spacial score (nSPS) is 19.0. The fourth-order valence-corrected chi connectivity index (χ4v) is 2.86. The monoisotopic (exact) mass is 312 g/mol. The summed E-state index contributed by atoms with van der Waals surface area (Å²) in [6.07, 6.45) is -0.0389. The zero-order valence-corrected chi connectivity index (χ0v) is 13.0. The third kappa shape index (κ3) is 3.46. The highest BCUT2D eigenvalue weighted by molar-refractivity contribution is 5.89. The highest BCUT2D eigenvalue weighted by Gasteiger charge is 2.31. The minimum absolute atomic E-state index is 0.338. The van der Waals surface area contributed by atoms with Gasteiger partial charge >= 0.3 is 6.03 Å². The summed E-state index contributed by atoms with van der Waals surface area (Å²) in [6.45, 7) is 2.52. The number of aliphatic hydroxyl groups excluding tert-OH is 1.